The molecule has 81 valence electrons. The van der Waals surface area contributed by atoms with Crippen molar-refractivity contribution in [1.82, 2.24) is 10.2 Å². The van der Waals surface area contributed by atoms with Gasteiger partial charge in [0.05, 0.1) is 6.04 Å². The predicted octanol–water partition coefficient (Wildman–Crippen LogP) is 2.06. The average Bonchev–Trinajstić information content (AvgIpc) is 2.80. The normalized spacial score (nSPS) is 19.3. The third kappa shape index (κ3) is 2.80. The molecule has 0 saturated carbocycles. The van der Waals surface area contributed by atoms with E-state index in [-0.39, 0.29) is 0 Å². The van der Waals surface area contributed by atoms with Gasteiger partial charge in [0.25, 0.3) is 0 Å². The van der Waals surface area contributed by atoms with E-state index in [4.69, 9.17) is 0 Å². The predicted molar refractivity (Wildman–Crippen MR) is 62.9 cm³/mol. The maximum Gasteiger partial charge on any atom is 0.0619 e. The van der Waals surface area contributed by atoms with Gasteiger partial charge in [-0.15, -0.1) is 0 Å². The molecule has 2 heteroatoms. The third-order valence-electron chi connectivity index (χ3n) is 3.13. The summed E-state index contributed by atoms with van der Waals surface area (Å²) < 4.78 is 0. The molecule has 1 saturated heterocycles. The molecule has 15 heavy (non-hydrogen) atoms. The lowest BCUT2D eigenvalue weighted by atomic mass is 10.1. The van der Waals surface area contributed by atoms with Gasteiger partial charge < -0.3 is 4.90 Å². The van der Waals surface area contributed by atoms with E-state index in [1.807, 2.05) is 7.05 Å². The molecule has 1 radical (unpaired) electrons. The van der Waals surface area contributed by atoms with Crippen molar-refractivity contribution in [1.29, 1.82) is 0 Å². The monoisotopic (exact) mass is 203 g/mol. The van der Waals surface area contributed by atoms with Gasteiger partial charge in [-0.05, 0) is 31.5 Å². The highest BCUT2D eigenvalue weighted by molar-refractivity contribution is 5.19. The van der Waals surface area contributed by atoms with Crippen LogP contribution in [0.15, 0.2) is 30.3 Å². The zero-order valence-corrected chi connectivity index (χ0v) is 9.39. The summed E-state index contributed by atoms with van der Waals surface area (Å²) in [5.74, 6) is 0. The minimum Gasteiger partial charge on any atom is -0.301 e. The highest BCUT2D eigenvalue weighted by Gasteiger charge is 2.17. The number of nitrogens with zero attached hydrogens (tertiary/aromatic N) is 2. The Labute approximate surface area is 92.3 Å². The van der Waals surface area contributed by atoms with Crippen LogP contribution >= 0.6 is 0 Å². The molecule has 0 spiro atoms. The summed E-state index contributed by atoms with van der Waals surface area (Å²) >= 11 is 0. The largest absolute Gasteiger partial charge is 0.301 e. The number of hydrogen-bond donors (Lipinski definition) is 0. The van der Waals surface area contributed by atoms with E-state index >= 15 is 0 Å². The minimum absolute atomic E-state index is 0.351. The summed E-state index contributed by atoms with van der Waals surface area (Å²) in [4.78, 5) is 2.52. The molecule has 1 aliphatic rings. The SMILES string of the molecule is C[N]C(CN1CCCC1)c1ccccc1. The molecule has 0 N–H and O–H groups in total. The first-order valence-electron chi connectivity index (χ1n) is 5.76. The van der Waals surface area contributed by atoms with Gasteiger partial charge in [-0.25, -0.2) is 5.32 Å². The topological polar surface area (TPSA) is 17.3 Å². The zero-order valence-electron chi connectivity index (χ0n) is 9.39. The lowest BCUT2D eigenvalue weighted by molar-refractivity contribution is 0.297. The van der Waals surface area contributed by atoms with Gasteiger partial charge in [-0.1, -0.05) is 30.3 Å². The van der Waals surface area contributed by atoms with E-state index in [1.165, 1.54) is 31.5 Å². The number of benzene rings is 1. The maximum atomic E-state index is 4.48. The Morgan fingerprint density at radius 2 is 1.87 bits per heavy atom. The standard InChI is InChI=1S/C13H19N2/c1-14-13(11-15-9-5-6-10-15)12-7-3-2-4-8-12/h2-4,7-8,13H,5-6,9-11H2,1H3. The van der Waals surface area contributed by atoms with Gasteiger partial charge in [0.2, 0.25) is 0 Å². The molecule has 1 atom stereocenters. The van der Waals surface area contributed by atoms with Crippen molar-refractivity contribution in [2.45, 2.75) is 18.9 Å². The smallest absolute Gasteiger partial charge is 0.0619 e. The van der Waals surface area contributed by atoms with Crippen molar-refractivity contribution < 1.29 is 0 Å². The highest BCUT2D eigenvalue weighted by atomic mass is 15.2. The number of likely N-dealkylation sites (tertiary alicyclic amines) is 1. The third-order valence-corrected chi connectivity index (χ3v) is 3.13. The van der Waals surface area contributed by atoms with Crippen LogP contribution in [0.1, 0.15) is 24.4 Å². The van der Waals surface area contributed by atoms with Crippen LogP contribution in [0.3, 0.4) is 0 Å². The van der Waals surface area contributed by atoms with Gasteiger partial charge in [0.1, 0.15) is 0 Å². The van der Waals surface area contributed by atoms with Crippen molar-refractivity contribution in [3.05, 3.63) is 35.9 Å². The van der Waals surface area contributed by atoms with Crippen LogP contribution in [0.2, 0.25) is 0 Å². The molecule has 1 aliphatic heterocycles. The molecule has 0 amide bonds. The molecule has 1 fully saturated rings. The van der Waals surface area contributed by atoms with Gasteiger partial charge in [-0.2, -0.15) is 0 Å². The quantitative estimate of drug-likeness (QED) is 0.732. The minimum atomic E-state index is 0.351. The molecule has 1 aromatic carbocycles. The highest BCUT2D eigenvalue weighted by Crippen LogP contribution is 2.17. The first-order chi connectivity index (χ1) is 7.40. The number of rotatable bonds is 4. The molecule has 0 aliphatic carbocycles. The second kappa shape index (κ2) is 5.29. The van der Waals surface area contributed by atoms with Crippen molar-refractivity contribution in [2.24, 2.45) is 0 Å². The molecule has 0 bridgehead atoms. The molecular formula is C13H19N2. The zero-order chi connectivity index (χ0) is 10.5. The van der Waals surface area contributed by atoms with Gasteiger partial charge in [0.15, 0.2) is 0 Å². The molecule has 1 unspecified atom stereocenters. The maximum absolute atomic E-state index is 4.48. The second-order valence-electron chi connectivity index (χ2n) is 4.19. The van der Waals surface area contributed by atoms with Crippen molar-refractivity contribution in [3.63, 3.8) is 0 Å². The van der Waals surface area contributed by atoms with E-state index in [0.717, 1.165) is 6.54 Å². The van der Waals surface area contributed by atoms with Gasteiger partial charge in [0, 0.05) is 13.6 Å². The second-order valence-corrected chi connectivity index (χ2v) is 4.19. The Balaban J connectivity index is 1.97. The Hall–Kier alpha value is -0.860. The molecular weight excluding hydrogens is 184 g/mol. The average molecular weight is 203 g/mol. The van der Waals surface area contributed by atoms with Crippen LogP contribution in [0.5, 0.6) is 0 Å². The van der Waals surface area contributed by atoms with Crippen LogP contribution < -0.4 is 5.32 Å². The van der Waals surface area contributed by atoms with Crippen LogP contribution in [-0.2, 0) is 0 Å². The first kappa shape index (κ1) is 10.7. The Morgan fingerprint density at radius 1 is 1.20 bits per heavy atom. The summed E-state index contributed by atoms with van der Waals surface area (Å²) in [5, 5.41) is 4.48. The number of hydrogen-bond acceptors (Lipinski definition) is 1. The van der Waals surface area contributed by atoms with Crippen LogP contribution in [0, 0.1) is 0 Å². The summed E-state index contributed by atoms with van der Waals surface area (Å²) in [5.41, 5.74) is 1.34. The molecule has 2 rings (SSSR count). The van der Waals surface area contributed by atoms with Crippen molar-refractivity contribution >= 4 is 0 Å². The van der Waals surface area contributed by atoms with E-state index in [9.17, 15) is 0 Å². The van der Waals surface area contributed by atoms with Crippen molar-refractivity contribution in [3.8, 4) is 0 Å². The Bertz CT molecular complexity index is 278. The molecule has 1 aromatic rings. The van der Waals surface area contributed by atoms with Crippen molar-refractivity contribution in [2.75, 3.05) is 26.7 Å². The number of likely N-dealkylation sites (N-methyl/N-ethyl adjacent to an activating group) is 1. The molecule has 1 heterocycles. The first-order valence-corrected chi connectivity index (χ1v) is 5.76. The molecule has 0 aromatic heterocycles. The Morgan fingerprint density at radius 3 is 2.47 bits per heavy atom. The fourth-order valence-electron chi connectivity index (χ4n) is 2.22. The fraction of sp³-hybridized carbons (Fsp3) is 0.538. The van der Waals surface area contributed by atoms with E-state index in [1.54, 1.807) is 0 Å². The Kier molecular flexibility index (Phi) is 3.75. The van der Waals surface area contributed by atoms with Crippen LogP contribution in [0.4, 0.5) is 0 Å². The summed E-state index contributed by atoms with van der Waals surface area (Å²) in [6, 6.07) is 11.0. The van der Waals surface area contributed by atoms with E-state index in [0.29, 0.717) is 6.04 Å². The summed E-state index contributed by atoms with van der Waals surface area (Å²) in [7, 11) is 1.92. The fourth-order valence-corrected chi connectivity index (χ4v) is 2.22. The van der Waals surface area contributed by atoms with E-state index in [2.05, 4.69) is 40.5 Å². The summed E-state index contributed by atoms with van der Waals surface area (Å²) in [6.45, 7) is 3.58. The lowest BCUT2D eigenvalue weighted by Gasteiger charge is -2.22. The molecule has 2 nitrogen and oxygen atoms in total. The van der Waals surface area contributed by atoms with Gasteiger partial charge >= 0.3 is 0 Å². The summed E-state index contributed by atoms with van der Waals surface area (Å²) in [6.07, 6.45) is 2.70. The van der Waals surface area contributed by atoms with Crippen LogP contribution in [0.25, 0.3) is 0 Å². The lowest BCUT2D eigenvalue weighted by Crippen LogP contribution is -2.29. The van der Waals surface area contributed by atoms with Gasteiger partial charge in [-0.3, -0.25) is 0 Å². The van der Waals surface area contributed by atoms with Crippen LogP contribution in [-0.4, -0.2) is 31.6 Å². The van der Waals surface area contributed by atoms with E-state index < -0.39 is 0 Å².